The normalized spacial score (nSPS) is 13.8. The van der Waals surface area contributed by atoms with E-state index in [2.05, 4.69) is 9.82 Å². The number of sulfonamides is 1. The number of hydrogen-bond donors (Lipinski definition) is 2. The Balaban J connectivity index is 2.13. The van der Waals surface area contributed by atoms with Crippen molar-refractivity contribution in [2.75, 3.05) is 10.6 Å². The highest BCUT2D eigenvalue weighted by Gasteiger charge is 2.25. The fraction of sp³-hybridized carbons (Fsp3) is 0.375. The van der Waals surface area contributed by atoms with Gasteiger partial charge in [0.1, 0.15) is 5.82 Å². The fourth-order valence-electron chi connectivity index (χ4n) is 3.44. The van der Waals surface area contributed by atoms with Crippen LogP contribution < -0.4 is 16.3 Å². The number of rotatable bonds is 3. The zero-order chi connectivity index (χ0) is 17.6. The second kappa shape index (κ2) is 5.62. The number of anilines is 1. The topological polar surface area (TPSA) is 107 Å². The highest BCUT2D eigenvalue weighted by atomic mass is 32.2. The van der Waals surface area contributed by atoms with Gasteiger partial charge < -0.3 is 5.73 Å². The van der Waals surface area contributed by atoms with Crippen LogP contribution in [0, 0.1) is 20.8 Å². The van der Waals surface area contributed by atoms with Gasteiger partial charge in [0.05, 0.1) is 10.6 Å². The minimum atomic E-state index is -3.92. The molecule has 0 unspecified atom stereocenters. The number of nitrogens with one attached hydrogen (secondary N) is 1. The summed E-state index contributed by atoms with van der Waals surface area (Å²) in [4.78, 5) is 18.5. The van der Waals surface area contributed by atoms with Crippen molar-refractivity contribution in [2.24, 2.45) is 0 Å². The molecule has 0 bridgehead atoms. The second-order valence-corrected chi connectivity index (χ2v) is 7.81. The molecule has 0 saturated carbocycles. The van der Waals surface area contributed by atoms with Gasteiger partial charge in [0.15, 0.2) is 0 Å². The number of hydrogen-bond acceptors (Lipinski definition) is 5. The van der Waals surface area contributed by atoms with Gasteiger partial charge in [-0.3, -0.25) is 0 Å². The summed E-state index contributed by atoms with van der Waals surface area (Å²) in [6, 6.07) is 3.60. The Morgan fingerprint density at radius 3 is 2.42 bits per heavy atom. The van der Waals surface area contributed by atoms with Crippen molar-refractivity contribution in [2.45, 2.75) is 44.9 Å². The van der Waals surface area contributed by atoms with Crippen LogP contribution in [-0.4, -0.2) is 18.1 Å². The third kappa shape index (κ3) is 2.66. The van der Waals surface area contributed by atoms with Crippen molar-refractivity contribution in [1.82, 2.24) is 9.66 Å². The Morgan fingerprint density at radius 1 is 1.17 bits per heavy atom. The first-order valence-electron chi connectivity index (χ1n) is 7.71. The molecule has 1 aliphatic rings. The van der Waals surface area contributed by atoms with Crippen LogP contribution in [0.4, 0.5) is 5.82 Å². The minimum absolute atomic E-state index is 0.184. The molecule has 3 N–H and O–H groups in total. The monoisotopic (exact) mass is 348 g/mol. The average Bonchev–Trinajstić information content (AvgIpc) is 2.91. The van der Waals surface area contributed by atoms with E-state index >= 15 is 0 Å². The van der Waals surface area contributed by atoms with Gasteiger partial charge in [-0.2, -0.15) is 18.1 Å². The van der Waals surface area contributed by atoms with Crippen molar-refractivity contribution >= 4 is 15.8 Å². The van der Waals surface area contributed by atoms with E-state index in [1.165, 1.54) is 0 Å². The van der Waals surface area contributed by atoms with E-state index in [0.717, 1.165) is 22.2 Å². The molecule has 0 radical (unpaired) electrons. The van der Waals surface area contributed by atoms with Gasteiger partial charge in [0.25, 0.3) is 10.0 Å². The van der Waals surface area contributed by atoms with Crippen molar-refractivity contribution in [1.29, 1.82) is 0 Å². The predicted molar refractivity (Wildman–Crippen MR) is 92.1 cm³/mol. The molecule has 0 atom stereocenters. The van der Waals surface area contributed by atoms with Gasteiger partial charge in [-0.1, -0.05) is 17.7 Å². The van der Waals surface area contributed by atoms with Gasteiger partial charge in [0.2, 0.25) is 0 Å². The van der Waals surface area contributed by atoms with Crippen molar-refractivity contribution in [3.8, 4) is 0 Å². The van der Waals surface area contributed by atoms with Gasteiger partial charge in [-0.25, -0.2) is 9.63 Å². The van der Waals surface area contributed by atoms with Crippen LogP contribution >= 0.6 is 0 Å². The van der Waals surface area contributed by atoms with E-state index in [1.807, 2.05) is 6.92 Å². The number of aryl methyl sites for hydroxylation is 3. The Hall–Kier alpha value is -2.35. The first-order valence-corrected chi connectivity index (χ1v) is 9.20. The zero-order valence-corrected chi connectivity index (χ0v) is 14.7. The molecule has 2 aromatic rings. The molecule has 0 fully saturated rings. The second-order valence-electron chi connectivity index (χ2n) is 6.22. The molecule has 7 nitrogen and oxygen atoms in total. The maximum absolute atomic E-state index is 12.9. The molecule has 24 heavy (non-hydrogen) atoms. The Bertz CT molecular complexity index is 970. The number of aromatic nitrogens is 2. The molecule has 0 aliphatic heterocycles. The summed E-state index contributed by atoms with van der Waals surface area (Å²) in [7, 11) is -3.92. The molecule has 3 rings (SSSR count). The maximum atomic E-state index is 12.9. The standard InChI is InChI=1S/C16H20N4O3S/c1-9-7-10(2)14(11(3)8-9)24(22,23)19-20-13-6-4-5-12(13)15(17)18-16(20)21/h7-8,19H,4-6H2,1-3H3,(H2,17,18,21). The summed E-state index contributed by atoms with van der Waals surface area (Å²) < 4.78 is 26.7. The summed E-state index contributed by atoms with van der Waals surface area (Å²) in [6.07, 6.45) is 2.10. The Labute approximate surface area is 140 Å². The highest BCUT2D eigenvalue weighted by Crippen LogP contribution is 2.25. The fourth-order valence-corrected chi connectivity index (χ4v) is 4.92. The third-order valence-electron chi connectivity index (χ3n) is 4.26. The summed E-state index contributed by atoms with van der Waals surface area (Å²) in [6.45, 7) is 5.39. The molecule has 1 aromatic heterocycles. The number of nitrogen functional groups attached to an aromatic ring is 1. The van der Waals surface area contributed by atoms with E-state index in [-0.39, 0.29) is 10.7 Å². The molecular weight excluding hydrogens is 328 g/mol. The smallest absolute Gasteiger partial charge is 0.369 e. The minimum Gasteiger partial charge on any atom is -0.383 e. The van der Waals surface area contributed by atoms with Crippen LogP contribution in [0.1, 0.15) is 34.4 Å². The van der Waals surface area contributed by atoms with Gasteiger partial charge in [0, 0.05) is 5.56 Å². The van der Waals surface area contributed by atoms with E-state index in [4.69, 9.17) is 5.73 Å². The summed E-state index contributed by atoms with van der Waals surface area (Å²) >= 11 is 0. The summed E-state index contributed by atoms with van der Waals surface area (Å²) in [5.41, 5.74) is 8.66. The summed E-state index contributed by atoms with van der Waals surface area (Å²) in [5, 5.41) is 0. The van der Waals surface area contributed by atoms with Crippen LogP contribution in [0.5, 0.6) is 0 Å². The molecule has 0 saturated heterocycles. The lowest BCUT2D eigenvalue weighted by molar-refractivity contribution is 0.590. The van der Waals surface area contributed by atoms with Crippen molar-refractivity contribution < 1.29 is 8.42 Å². The lowest BCUT2D eigenvalue weighted by Crippen LogP contribution is -2.38. The third-order valence-corrected chi connectivity index (χ3v) is 5.86. The zero-order valence-electron chi connectivity index (χ0n) is 13.9. The van der Waals surface area contributed by atoms with Gasteiger partial charge in [-0.05, 0) is 51.2 Å². The van der Waals surface area contributed by atoms with Crippen LogP contribution in [0.3, 0.4) is 0 Å². The van der Waals surface area contributed by atoms with Gasteiger partial charge in [-0.15, -0.1) is 0 Å². The van der Waals surface area contributed by atoms with Crippen molar-refractivity contribution in [3.63, 3.8) is 0 Å². The Kier molecular flexibility index (Phi) is 3.87. The summed E-state index contributed by atoms with van der Waals surface area (Å²) in [5.74, 6) is 0.186. The first kappa shape index (κ1) is 16.5. The largest absolute Gasteiger partial charge is 0.383 e. The molecular formula is C16H20N4O3S. The van der Waals surface area contributed by atoms with Crippen molar-refractivity contribution in [3.05, 3.63) is 50.6 Å². The Morgan fingerprint density at radius 2 is 1.79 bits per heavy atom. The highest BCUT2D eigenvalue weighted by molar-refractivity contribution is 7.92. The average molecular weight is 348 g/mol. The lowest BCUT2D eigenvalue weighted by atomic mass is 10.1. The van der Waals surface area contributed by atoms with Crippen LogP contribution in [0.25, 0.3) is 0 Å². The molecule has 1 aromatic carbocycles. The molecule has 0 spiro atoms. The number of nitrogens with zero attached hydrogens (tertiary/aromatic N) is 2. The van der Waals surface area contributed by atoms with E-state index in [0.29, 0.717) is 29.7 Å². The molecule has 1 heterocycles. The van der Waals surface area contributed by atoms with E-state index < -0.39 is 15.7 Å². The quantitative estimate of drug-likeness (QED) is 0.866. The predicted octanol–water partition coefficient (Wildman–Crippen LogP) is 1.17. The molecule has 0 amide bonds. The van der Waals surface area contributed by atoms with Crippen LogP contribution in [-0.2, 0) is 22.9 Å². The number of nitrogens with two attached hydrogens (primary N) is 1. The van der Waals surface area contributed by atoms with E-state index in [1.54, 1.807) is 26.0 Å². The number of benzene rings is 1. The van der Waals surface area contributed by atoms with Crippen LogP contribution in [0.15, 0.2) is 21.8 Å². The maximum Gasteiger partial charge on any atom is 0.369 e. The number of fused-ring (bicyclic) bond motifs is 1. The van der Waals surface area contributed by atoms with Crippen LogP contribution in [0.2, 0.25) is 0 Å². The first-order chi connectivity index (χ1) is 11.2. The molecule has 128 valence electrons. The SMILES string of the molecule is Cc1cc(C)c(S(=O)(=O)Nn2c3c(c(N)nc2=O)CCC3)c(C)c1. The lowest BCUT2D eigenvalue weighted by Gasteiger charge is -2.17. The molecule has 8 heteroatoms. The van der Waals surface area contributed by atoms with Gasteiger partial charge >= 0.3 is 5.69 Å². The van der Waals surface area contributed by atoms with E-state index in [9.17, 15) is 13.2 Å². The molecule has 1 aliphatic carbocycles.